The lowest BCUT2D eigenvalue weighted by molar-refractivity contribution is 0.415. The van der Waals surface area contributed by atoms with E-state index < -0.39 is 10.0 Å². The van der Waals surface area contributed by atoms with E-state index >= 15 is 0 Å². The van der Waals surface area contributed by atoms with Crippen LogP contribution in [0.3, 0.4) is 0 Å². The summed E-state index contributed by atoms with van der Waals surface area (Å²) in [4.78, 5) is 7.71. The van der Waals surface area contributed by atoms with Gasteiger partial charge in [-0.05, 0) is 18.2 Å². The van der Waals surface area contributed by atoms with Gasteiger partial charge in [-0.1, -0.05) is 5.16 Å². The maximum absolute atomic E-state index is 12.8. The van der Waals surface area contributed by atoms with Crippen LogP contribution in [0.5, 0.6) is 5.75 Å². The average molecular weight is 419 g/mol. The van der Waals surface area contributed by atoms with Crippen LogP contribution in [-0.2, 0) is 16.4 Å². The molecule has 0 saturated carbocycles. The number of rotatable bonds is 7. The zero-order valence-electron chi connectivity index (χ0n) is 15.2. The standard InChI is InChI=1S/C18H18N4O4S2/c1-22(8-6-17-20-14-4-3-13(25-2)10-15(14)21-17)28(23,24)18-9-12(11-27-18)16-5-7-19-26-16/h3-5,7,9-11H,6,8H2,1-2H3,(H,20,21). The summed E-state index contributed by atoms with van der Waals surface area (Å²) in [5.74, 6) is 2.00. The van der Waals surface area contributed by atoms with Crippen molar-refractivity contribution in [2.24, 2.45) is 0 Å². The number of aromatic nitrogens is 3. The number of imidazole rings is 1. The number of sulfonamides is 1. The highest BCUT2D eigenvalue weighted by Gasteiger charge is 2.23. The van der Waals surface area contributed by atoms with Crippen molar-refractivity contribution < 1.29 is 17.7 Å². The number of nitrogens with one attached hydrogen (secondary N) is 1. The van der Waals surface area contributed by atoms with Gasteiger partial charge in [-0.15, -0.1) is 11.3 Å². The van der Waals surface area contributed by atoms with Crippen molar-refractivity contribution in [1.82, 2.24) is 19.4 Å². The second kappa shape index (κ2) is 7.38. The molecule has 1 N–H and O–H groups in total. The normalized spacial score (nSPS) is 12.1. The van der Waals surface area contributed by atoms with Crippen LogP contribution < -0.4 is 4.74 Å². The van der Waals surface area contributed by atoms with Gasteiger partial charge in [-0.2, -0.15) is 4.31 Å². The smallest absolute Gasteiger partial charge is 0.252 e. The van der Waals surface area contributed by atoms with E-state index in [0.29, 0.717) is 24.3 Å². The van der Waals surface area contributed by atoms with Gasteiger partial charge in [0.05, 0.1) is 24.3 Å². The van der Waals surface area contributed by atoms with Crippen LogP contribution in [0, 0.1) is 0 Å². The summed E-state index contributed by atoms with van der Waals surface area (Å²) in [6.45, 7) is 0.300. The highest BCUT2D eigenvalue weighted by atomic mass is 32.2. The molecule has 146 valence electrons. The topological polar surface area (TPSA) is 101 Å². The summed E-state index contributed by atoms with van der Waals surface area (Å²) < 4.78 is 37.6. The second-order valence-corrected chi connectivity index (χ2v) is 9.36. The number of methoxy groups -OCH3 is 1. The van der Waals surface area contributed by atoms with E-state index in [1.807, 2.05) is 18.2 Å². The van der Waals surface area contributed by atoms with Crippen LogP contribution in [0.25, 0.3) is 22.4 Å². The van der Waals surface area contributed by atoms with Crippen molar-refractivity contribution in [2.75, 3.05) is 20.7 Å². The van der Waals surface area contributed by atoms with Crippen molar-refractivity contribution in [1.29, 1.82) is 0 Å². The number of likely N-dealkylation sites (N-methyl/N-ethyl adjacent to an activating group) is 1. The first-order chi connectivity index (χ1) is 13.5. The molecule has 3 aromatic heterocycles. The zero-order valence-corrected chi connectivity index (χ0v) is 16.9. The minimum Gasteiger partial charge on any atom is -0.497 e. The van der Waals surface area contributed by atoms with Crippen molar-refractivity contribution in [3.8, 4) is 17.1 Å². The number of fused-ring (bicyclic) bond motifs is 1. The first kappa shape index (κ1) is 18.7. The fraction of sp³-hybridized carbons (Fsp3) is 0.222. The largest absolute Gasteiger partial charge is 0.497 e. The van der Waals surface area contributed by atoms with Gasteiger partial charge in [0, 0.05) is 43.1 Å². The van der Waals surface area contributed by atoms with Gasteiger partial charge < -0.3 is 14.2 Å². The lowest BCUT2D eigenvalue weighted by Crippen LogP contribution is -2.28. The summed E-state index contributed by atoms with van der Waals surface area (Å²) in [7, 11) is -0.420. The van der Waals surface area contributed by atoms with E-state index in [2.05, 4.69) is 15.1 Å². The van der Waals surface area contributed by atoms with E-state index in [1.54, 1.807) is 31.7 Å². The minimum atomic E-state index is -3.59. The van der Waals surface area contributed by atoms with Gasteiger partial charge in [0.25, 0.3) is 10.0 Å². The molecule has 1 aromatic carbocycles. The maximum atomic E-state index is 12.8. The van der Waals surface area contributed by atoms with E-state index in [0.717, 1.165) is 33.9 Å². The molecule has 0 saturated heterocycles. The molecule has 0 amide bonds. The predicted molar refractivity (Wildman–Crippen MR) is 106 cm³/mol. The summed E-state index contributed by atoms with van der Waals surface area (Å²) in [5, 5.41) is 5.39. The van der Waals surface area contributed by atoms with Gasteiger partial charge in [0.15, 0.2) is 5.76 Å². The number of thiophene rings is 1. The molecule has 28 heavy (non-hydrogen) atoms. The quantitative estimate of drug-likeness (QED) is 0.495. The molecule has 4 rings (SSSR count). The third kappa shape index (κ3) is 3.53. The van der Waals surface area contributed by atoms with Gasteiger partial charge in [0.2, 0.25) is 0 Å². The lowest BCUT2D eigenvalue weighted by atomic mass is 10.3. The van der Waals surface area contributed by atoms with Gasteiger partial charge in [-0.3, -0.25) is 0 Å². The third-order valence-electron chi connectivity index (χ3n) is 4.36. The summed E-state index contributed by atoms with van der Waals surface area (Å²) >= 11 is 1.16. The maximum Gasteiger partial charge on any atom is 0.252 e. The Morgan fingerprint density at radius 2 is 2.14 bits per heavy atom. The predicted octanol–water partition coefficient (Wildman–Crippen LogP) is 3.15. The first-order valence-electron chi connectivity index (χ1n) is 8.46. The number of ether oxygens (including phenoxy) is 1. The average Bonchev–Trinajstić information content (AvgIpc) is 3.44. The number of hydrogen-bond donors (Lipinski definition) is 1. The fourth-order valence-corrected chi connectivity index (χ4v) is 5.32. The molecular weight excluding hydrogens is 400 g/mol. The molecule has 8 nitrogen and oxygen atoms in total. The molecule has 0 aliphatic heterocycles. The monoisotopic (exact) mass is 418 g/mol. The van der Waals surface area contributed by atoms with Crippen molar-refractivity contribution in [2.45, 2.75) is 10.6 Å². The Labute approximate surface area is 165 Å². The summed E-state index contributed by atoms with van der Waals surface area (Å²) in [5.41, 5.74) is 2.37. The second-order valence-electron chi connectivity index (χ2n) is 6.17. The van der Waals surface area contributed by atoms with E-state index in [-0.39, 0.29) is 4.21 Å². The Balaban J connectivity index is 1.47. The highest BCUT2D eigenvalue weighted by Crippen LogP contribution is 2.29. The van der Waals surface area contributed by atoms with Crippen LogP contribution in [0.4, 0.5) is 0 Å². The van der Waals surface area contributed by atoms with E-state index in [1.165, 1.54) is 10.5 Å². The number of H-pyrrole nitrogens is 1. The summed E-state index contributed by atoms with van der Waals surface area (Å²) in [6.07, 6.45) is 1.99. The zero-order chi connectivity index (χ0) is 19.7. The SMILES string of the molecule is COc1ccc2nc(CCN(C)S(=O)(=O)c3cc(-c4ccno4)cs3)[nH]c2c1. The Morgan fingerprint density at radius 1 is 1.29 bits per heavy atom. The molecule has 0 unspecified atom stereocenters. The molecular formula is C18H18N4O4S2. The Kier molecular flexibility index (Phi) is 4.92. The number of aromatic amines is 1. The molecule has 0 fully saturated rings. The molecule has 0 radical (unpaired) electrons. The van der Waals surface area contributed by atoms with Crippen molar-refractivity contribution in [3.05, 3.63) is 47.7 Å². The van der Waals surface area contributed by atoms with Gasteiger partial charge in [-0.25, -0.2) is 13.4 Å². The minimum absolute atomic E-state index is 0.260. The van der Waals surface area contributed by atoms with E-state index in [4.69, 9.17) is 9.26 Å². The molecule has 3 heterocycles. The molecule has 0 aliphatic rings. The van der Waals surface area contributed by atoms with Crippen LogP contribution in [-0.4, -0.2) is 48.5 Å². The molecule has 0 aliphatic carbocycles. The van der Waals surface area contributed by atoms with Crippen molar-refractivity contribution in [3.63, 3.8) is 0 Å². The number of nitrogens with zero attached hydrogens (tertiary/aromatic N) is 3. The number of hydrogen-bond acceptors (Lipinski definition) is 7. The Bertz CT molecular complexity index is 1200. The van der Waals surface area contributed by atoms with Gasteiger partial charge in [0.1, 0.15) is 15.8 Å². The van der Waals surface area contributed by atoms with Crippen molar-refractivity contribution >= 4 is 32.4 Å². The highest BCUT2D eigenvalue weighted by molar-refractivity contribution is 7.91. The molecule has 4 aromatic rings. The van der Waals surface area contributed by atoms with Crippen LogP contribution in [0.1, 0.15) is 5.82 Å². The van der Waals surface area contributed by atoms with Crippen LogP contribution in [0.15, 0.2) is 50.6 Å². The fourth-order valence-electron chi connectivity index (χ4n) is 2.77. The molecule has 0 spiro atoms. The Hall–Kier alpha value is -2.69. The molecule has 0 bridgehead atoms. The third-order valence-corrected chi connectivity index (χ3v) is 7.64. The van der Waals surface area contributed by atoms with Crippen LogP contribution in [0.2, 0.25) is 0 Å². The lowest BCUT2D eigenvalue weighted by Gasteiger charge is -2.15. The van der Waals surface area contributed by atoms with Crippen LogP contribution >= 0.6 is 11.3 Å². The molecule has 0 atom stereocenters. The van der Waals surface area contributed by atoms with E-state index in [9.17, 15) is 8.42 Å². The Morgan fingerprint density at radius 3 is 2.89 bits per heavy atom. The van der Waals surface area contributed by atoms with Gasteiger partial charge >= 0.3 is 0 Å². The first-order valence-corrected chi connectivity index (χ1v) is 10.8. The molecule has 10 heteroatoms. The number of benzene rings is 1. The summed E-state index contributed by atoms with van der Waals surface area (Å²) in [6, 6.07) is 8.87.